The maximum Gasteiger partial charge on any atom is 0.410 e. The van der Waals surface area contributed by atoms with E-state index < -0.39 is 35.9 Å². The van der Waals surface area contributed by atoms with Crippen LogP contribution >= 0.6 is 0 Å². The summed E-state index contributed by atoms with van der Waals surface area (Å²) in [5, 5.41) is 10.5. The summed E-state index contributed by atoms with van der Waals surface area (Å²) in [6, 6.07) is 17.6. The molecule has 1 amide bonds. The molecule has 1 saturated heterocycles. The van der Waals surface area contributed by atoms with Gasteiger partial charge in [-0.1, -0.05) is 54.6 Å². The van der Waals surface area contributed by atoms with Crippen molar-refractivity contribution in [2.24, 2.45) is 0 Å². The number of rotatable bonds is 4. The monoisotopic (exact) mass is 411 g/mol. The van der Waals surface area contributed by atoms with Crippen molar-refractivity contribution < 1.29 is 24.2 Å². The van der Waals surface area contributed by atoms with Crippen molar-refractivity contribution >= 4 is 12.1 Å². The first-order valence-corrected chi connectivity index (χ1v) is 10.1. The number of hydrogen-bond donors (Lipinski definition) is 1. The largest absolute Gasteiger partial charge is 0.457 e. The molecule has 0 unspecified atom stereocenters. The van der Waals surface area contributed by atoms with Gasteiger partial charge >= 0.3 is 12.1 Å². The van der Waals surface area contributed by atoms with Crippen LogP contribution in [-0.4, -0.2) is 52.5 Å². The number of β-amino-alcohol motifs (C(OH)–C–C–N with tert-alkyl or cyclic N) is 1. The van der Waals surface area contributed by atoms with E-state index in [-0.39, 0.29) is 6.54 Å². The smallest absolute Gasteiger partial charge is 0.410 e. The van der Waals surface area contributed by atoms with Crippen LogP contribution < -0.4 is 0 Å². The highest BCUT2D eigenvalue weighted by molar-refractivity contribution is 5.70. The predicted molar refractivity (Wildman–Crippen MR) is 114 cm³/mol. The van der Waals surface area contributed by atoms with Crippen LogP contribution in [0.5, 0.6) is 0 Å². The fraction of sp³-hybridized carbons (Fsp3) is 0.417. The zero-order valence-corrected chi connectivity index (χ0v) is 17.9. The summed E-state index contributed by atoms with van der Waals surface area (Å²) in [5.74, 6) is -0.491. The number of benzene rings is 2. The van der Waals surface area contributed by atoms with Crippen LogP contribution in [0.25, 0.3) is 11.1 Å². The van der Waals surface area contributed by atoms with Gasteiger partial charge in [0.05, 0.1) is 12.6 Å². The molecule has 1 N–H and O–H groups in total. The summed E-state index contributed by atoms with van der Waals surface area (Å²) in [5.41, 5.74) is 2.52. The van der Waals surface area contributed by atoms with Crippen molar-refractivity contribution in [2.75, 3.05) is 6.54 Å². The Morgan fingerprint density at radius 1 is 1.03 bits per heavy atom. The molecule has 0 radical (unpaired) electrons. The fourth-order valence-corrected chi connectivity index (χ4v) is 3.69. The van der Waals surface area contributed by atoms with Crippen LogP contribution in [0.4, 0.5) is 4.79 Å². The van der Waals surface area contributed by atoms with Gasteiger partial charge in [-0.2, -0.15) is 0 Å². The van der Waals surface area contributed by atoms with Gasteiger partial charge in [-0.15, -0.1) is 0 Å². The second kappa shape index (κ2) is 8.88. The summed E-state index contributed by atoms with van der Waals surface area (Å²) in [6.07, 6.45) is -1.86. The number of nitrogens with zero attached hydrogens (tertiary/aromatic N) is 1. The van der Waals surface area contributed by atoms with Gasteiger partial charge in [0.1, 0.15) is 17.8 Å². The first kappa shape index (κ1) is 21.8. The molecule has 0 saturated carbocycles. The minimum atomic E-state index is -0.963. The van der Waals surface area contributed by atoms with Crippen molar-refractivity contribution in [1.29, 1.82) is 0 Å². The van der Waals surface area contributed by atoms with Crippen molar-refractivity contribution in [1.82, 2.24) is 4.90 Å². The van der Waals surface area contributed by atoms with Gasteiger partial charge in [0, 0.05) is 6.92 Å². The lowest BCUT2D eigenvalue weighted by atomic mass is 9.98. The Kier molecular flexibility index (Phi) is 6.46. The Balaban J connectivity index is 1.82. The highest BCUT2D eigenvalue weighted by atomic mass is 16.6. The van der Waals surface area contributed by atoms with Gasteiger partial charge < -0.3 is 14.6 Å². The number of ether oxygens (including phenoxy) is 2. The third-order valence-electron chi connectivity index (χ3n) is 4.98. The molecule has 1 aliphatic heterocycles. The van der Waals surface area contributed by atoms with Gasteiger partial charge in [-0.3, -0.25) is 9.69 Å². The molecule has 1 fully saturated rings. The summed E-state index contributed by atoms with van der Waals surface area (Å²) in [7, 11) is 0. The molecule has 1 aliphatic rings. The maximum atomic E-state index is 12.7. The molecular weight excluding hydrogens is 382 g/mol. The highest BCUT2D eigenvalue weighted by Crippen LogP contribution is 2.28. The van der Waals surface area contributed by atoms with Crippen LogP contribution in [0.3, 0.4) is 0 Å². The van der Waals surface area contributed by atoms with Gasteiger partial charge in [-0.05, 0) is 43.9 Å². The molecule has 160 valence electrons. The second-order valence-electron chi connectivity index (χ2n) is 8.61. The van der Waals surface area contributed by atoms with E-state index in [2.05, 4.69) is 0 Å². The van der Waals surface area contributed by atoms with Gasteiger partial charge in [-0.25, -0.2) is 4.79 Å². The van der Waals surface area contributed by atoms with E-state index in [1.54, 1.807) is 20.8 Å². The Morgan fingerprint density at radius 3 is 2.20 bits per heavy atom. The molecule has 3 rings (SSSR count). The van der Waals surface area contributed by atoms with Gasteiger partial charge in [0.25, 0.3) is 0 Å². The lowest BCUT2D eigenvalue weighted by Gasteiger charge is -2.30. The third-order valence-corrected chi connectivity index (χ3v) is 4.98. The van der Waals surface area contributed by atoms with Crippen LogP contribution in [0.2, 0.25) is 0 Å². The van der Waals surface area contributed by atoms with Crippen molar-refractivity contribution in [3.05, 3.63) is 60.2 Å². The minimum Gasteiger partial charge on any atom is -0.457 e. The molecule has 2 aromatic rings. The Labute approximate surface area is 177 Å². The van der Waals surface area contributed by atoms with E-state index in [0.717, 1.165) is 16.7 Å². The number of aliphatic hydroxyl groups is 1. The first-order valence-electron chi connectivity index (χ1n) is 10.1. The van der Waals surface area contributed by atoms with Crippen LogP contribution in [0.15, 0.2) is 54.6 Å². The molecule has 2 aromatic carbocycles. The minimum absolute atomic E-state index is 0.0552. The first-order chi connectivity index (χ1) is 14.1. The summed E-state index contributed by atoms with van der Waals surface area (Å²) >= 11 is 0. The quantitative estimate of drug-likeness (QED) is 0.775. The summed E-state index contributed by atoms with van der Waals surface area (Å²) in [6.45, 7) is 6.73. The van der Waals surface area contributed by atoms with E-state index in [0.29, 0.717) is 6.42 Å². The zero-order valence-electron chi connectivity index (χ0n) is 17.9. The number of hydrogen-bond acceptors (Lipinski definition) is 5. The Morgan fingerprint density at radius 2 is 1.63 bits per heavy atom. The van der Waals surface area contributed by atoms with E-state index in [9.17, 15) is 14.7 Å². The number of esters is 1. The molecule has 0 aromatic heterocycles. The van der Waals surface area contributed by atoms with E-state index >= 15 is 0 Å². The lowest BCUT2D eigenvalue weighted by Crippen LogP contribution is -2.45. The van der Waals surface area contributed by atoms with Gasteiger partial charge in [0.15, 0.2) is 0 Å². The average molecular weight is 411 g/mol. The molecule has 0 bridgehead atoms. The van der Waals surface area contributed by atoms with Crippen LogP contribution in [0, 0.1) is 0 Å². The summed E-state index contributed by atoms with van der Waals surface area (Å²) in [4.78, 5) is 25.8. The number of aliphatic hydroxyl groups excluding tert-OH is 1. The van der Waals surface area contributed by atoms with Crippen molar-refractivity contribution in [3.63, 3.8) is 0 Å². The highest BCUT2D eigenvalue weighted by Gasteiger charge is 2.46. The molecule has 1 heterocycles. The molecule has 0 aliphatic carbocycles. The molecule has 30 heavy (non-hydrogen) atoms. The van der Waals surface area contributed by atoms with Crippen LogP contribution in [0.1, 0.15) is 33.3 Å². The van der Waals surface area contributed by atoms with Gasteiger partial charge in [0.2, 0.25) is 0 Å². The third kappa shape index (κ3) is 5.39. The van der Waals surface area contributed by atoms with E-state index in [1.165, 1.54) is 11.8 Å². The zero-order chi connectivity index (χ0) is 21.9. The molecule has 0 spiro atoms. The van der Waals surface area contributed by atoms with Crippen LogP contribution in [-0.2, 0) is 20.7 Å². The molecule has 6 nitrogen and oxygen atoms in total. The number of likely N-dealkylation sites (tertiary alicyclic amines) is 1. The normalized spacial score (nSPS) is 21.4. The lowest BCUT2D eigenvalue weighted by molar-refractivity contribution is -0.151. The van der Waals surface area contributed by atoms with E-state index in [4.69, 9.17) is 9.47 Å². The number of carbonyl (C=O) groups is 2. The molecule has 3 atom stereocenters. The predicted octanol–water partition coefficient (Wildman–Crippen LogP) is 3.81. The molecular formula is C24H29NO5. The standard InChI is InChI=1S/C24H29NO5/c1-16(26)29-22-20(25(15-21(22)27)23(28)30-24(2,3)4)14-17-10-12-19(13-11-17)18-8-6-5-7-9-18/h5-13,20-22,27H,14-15H2,1-4H3/t20-,21+,22+/m1/s1. The molecule has 6 heteroatoms. The second-order valence-corrected chi connectivity index (χ2v) is 8.61. The fourth-order valence-electron chi connectivity index (χ4n) is 3.69. The average Bonchev–Trinajstić information content (AvgIpc) is 2.97. The SMILES string of the molecule is CC(=O)O[C@H]1[C@@H](Cc2ccc(-c3ccccc3)cc2)N(C(=O)OC(C)(C)C)C[C@@H]1O. The maximum absolute atomic E-state index is 12.7. The number of amides is 1. The Bertz CT molecular complexity index is 873. The van der Waals surface area contributed by atoms with Crippen molar-refractivity contribution in [3.8, 4) is 11.1 Å². The van der Waals surface area contributed by atoms with Crippen molar-refractivity contribution in [2.45, 2.75) is 58.0 Å². The Hall–Kier alpha value is -2.86. The summed E-state index contributed by atoms with van der Waals surface area (Å²) < 4.78 is 10.9. The van der Waals surface area contributed by atoms with E-state index in [1.807, 2.05) is 54.6 Å². The number of carbonyl (C=O) groups excluding carboxylic acids is 2. The topological polar surface area (TPSA) is 76.1 Å².